The summed E-state index contributed by atoms with van der Waals surface area (Å²) < 4.78 is 1.10. The average molecular weight is 262 g/mol. The Morgan fingerprint density at radius 3 is 1.73 bits per heavy atom. The number of benzene rings is 2. The standard InChI is InChI=1S/C13H12BrN/c14-13-7-5-12(6-8-13)11-3-1-10(9-15)2-4-11/h1-8H,9,15H2. The minimum Gasteiger partial charge on any atom is -0.326 e. The highest BCUT2D eigenvalue weighted by Gasteiger charge is 1.97. The van der Waals surface area contributed by atoms with Gasteiger partial charge in [0.15, 0.2) is 0 Å². The third kappa shape index (κ3) is 2.46. The lowest BCUT2D eigenvalue weighted by Gasteiger charge is -2.03. The molecule has 2 N–H and O–H groups in total. The van der Waals surface area contributed by atoms with Crippen molar-refractivity contribution in [2.75, 3.05) is 0 Å². The largest absolute Gasteiger partial charge is 0.326 e. The molecular formula is C13H12BrN. The Kier molecular flexibility index (Phi) is 3.19. The van der Waals surface area contributed by atoms with Gasteiger partial charge in [-0.1, -0.05) is 52.3 Å². The molecule has 0 saturated carbocycles. The molecule has 2 aromatic rings. The molecule has 0 bridgehead atoms. The quantitative estimate of drug-likeness (QED) is 0.879. The van der Waals surface area contributed by atoms with Crippen LogP contribution in [0.3, 0.4) is 0 Å². The van der Waals surface area contributed by atoms with Crippen molar-refractivity contribution in [2.45, 2.75) is 6.54 Å². The van der Waals surface area contributed by atoms with E-state index >= 15 is 0 Å². The highest BCUT2D eigenvalue weighted by molar-refractivity contribution is 9.10. The number of hydrogen-bond acceptors (Lipinski definition) is 1. The number of nitrogens with two attached hydrogens (primary N) is 1. The molecule has 2 heteroatoms. The van der Waals surface area contributed by atoms with Crippen LogP contribution < -0.4 is 5.73 Å². The van der Waals surface area contributed by atoms with Crippen molar-refractivity contribution in [3.8, 4) is 11.1 Å². The molecular weight excluding hydrogens is 250 g/mol. The molecule has 0 spiro atoms. The maximum atomic E-state index is 5.55. The lowest BCUT2D eigenvalue weighted by atomic mass is 10.0. The van der Waals surface area contributed by atoms with Gasteiger partial charge in [-0.2, -0.15) is 0 Å². The Hall–Kier alpha value is -1.12. The van der Waals surface area contributed by atoms with E-state index in [4.69, 9.17) is 5.73 Å². The van der Waals surface area contributed by atoms with E-state index in [-0.39, 0.29) is 0 Å². The second-order valence-corrected chi connectivity index (χ2v) is 4.32. The van der Waals surface area contributed by atoms with Crippen LogP contribution >= 0.6 is 15.9 Å². The van der Waals surface area contributed by atoms with Gasteiger partial charge in [0.2, 0.25) is 0 Å². The molecule has 0 atom stereocenters. The second-order valence-electron chi connectivity index (χ2n) is 3.41. The lowest BCUT2D eigenvalue weighted by molar-refractivity contribution is 1.07. The number of rotatable bonds is 2. The maximum Gasteiger partial charge on any atom is 0.0178 e. The van der Waals surface area contributed by atoms with Crippen LogP contribution in [0, 0.1) is 0 Å². The molecule has 0 aliphatic carbocycles. The third-order valence-electron chi connectivity index (χ3n) is 2.37. The topological polar surface area (TPSA) is 26.0 Å². The van der Waals surface area contributed by atoms with E-state index in [1.807, 2.05) is 12.1 Å². The molecule has 76 valence electrons. The van der Waals surface area contributed by atoms with E-state index in [1.54, 1.807) is 0 Å². The van der Waals surface area contributed by atoms with Crippen molar-refractivity contribution in [2.24, 2.45) is 5.73 Å². The van der Waals surface area contributed by atoms with E-state index in [0.29, 0.717) is 6.54 Å². The Labute approximate surface area is 98.1 Å². The van der Waals surface area contributed by atoms with E-state index in [1.165, 1.54) is 11.1 Å². The van der Waals surface area contributed by atoms with Crippen molar-refractivity contribution in [3.63, 3.8) is 0 Å². The summed E-state index contributed by atoms with van der Waals surface area (Å²) in [5, 5.41) is 0. The van der Waals surface area contributed by atoms with Crippen molar-refractivity contribution in [1.82, 2.24) is 0 Å². The van der Waals surface area contributed by atoms with E-state index in [2.05, 4.69) is 52.3 Å². The predicted molar refractivity (Wildman–Crippen MR) is 67.5 cm³/mol. The van der Waals surface area contributed by atoms with Gasteiger partial charge in [0.1, 0.15) is 0 Å². The Morgan fingerprint density at radius 1 is 0.800 bits per heavy atom. The maximum absolute atomic E-state index is 5.55. The molecule has 0 unspecified atom stereocenters. The minimum atomic E-state index is 0.598. The average Bonchev–Trinajstić information content (AvgIpc) is 2.30. The monoisotopic (exact) mass is 261 g/mol. The highest BCUT2D eigenvalue weighted by atomic mass is 79.9. The number of halogens is 1. The third-order valence-corrected chi connectivity index (χ3v) is 2.90. The molecule has 0 heterocycles. The normalized spacial score (nSPS) is 10.3. The van der Waals surface area contributed by atoms with Crippen LogP contribution in [0.15, 0.2) is 53.0 Å². The summed E-state index contributed by atoms with van der Waals surface area (Å²) >= 11 is 3.42. The first-order valence-corrected chi connectivity index (χ1v) is 5.64. The van der Waals surface area contributed by atoms with Crippen LogP contribution in [0.5, 0.6) is 0 Å². The summed E-state index contributed by atoms with van der Waals surface area (Å²) in [7, 11) is 0. The zero-order chi connectivity index (χ0) is 10.7. The van der Waals surface area contributed by atoms with Gasteiger partial charge in [0.05, 0.1) is 0 Å². The molecule has 0 aromatic heterocycles. The Balaban J connectivity index is 2.33. The zero-order valence-electron chi connectivity index (χ0n) is 8.28. The molecule has 0 saturated heterocycles. The van der Waals surface area contributed by atoms with Crippen LogP contribution in [-0.4, -0.2) is 0 Å². The van der Waals surface area contributed by atoms with Gasteiger partial charge in [-0.3, -0.25) is 0 Å². The fourth-order valence-electron chi connectivity index (χ4n) is 1.48. The molecule has 0 aliphatic rings. The predicted octanol–water partition coefficient (Wildman–Crippen LogP) is 3.57. The van der Waals surface area contributed by atoms with Crippen molar-refractivity contribution in [3.05, 3.63) is 58.6 Å². The van der Waals surface area contributed by atoms with Gasteiger partial charge >= 0.3 is 0 Å². The SMILES string of the molecule is NCc1ccc(-c2ccc(Br)cc2)cc1. The molecule has 0 aliphatic heterocycles. The van der Waals surface area contributed by atoms with Gasteiger partial charge in [-0.25, -0.2) is 0 Å². The summed E-state index contributed by atoms with van der Waals surface area (Å²) in [4.78, 5) is 0. The van der Waals surface area contributed by atoms with Crippen LogP contribution in [0.4, 0.5) is 0 Å². The molecule has 2 aromatic carbocycles. The molecule has 0 radical (unpaired) electrons. The van der Waals surface area contributed by atoms with Crippen molar-refractivity contribution >= 4 is 15.9 Å². The van der Waals surface area contributed by atoms with Gasteiger partial charge < -0.3 is 5.73 Å². The first-order valence-electron chi connectivity index (χ1n) is 4.84. The van der Waals surface area contributed by atoms with Crippen molar-refractivity contribution < 1.29 is 0 Å². The fourth-order valence-corrected chi connectivity index (χ4v) is 1.74. The van der Waals surface area contributed by atoms with Gasteiger partial charge in [-0.05, 0) is 28.8 Å². The van der Waals surface area contributed by atoms with Gasteiger partial charge in [-0.15, -0.1) is 0 Å². The molecule has 15 heavy (non-hydrogen) atoms. The Morgan fingerprint density at radius 2 is 1.27 bits per heavy atom. The number of hydrogen-bond donors (Lipinski definition) is 1. The van der Waals surface area contributed by atoms with E-state index < -0.39 is 0 Å². The molecule has 2 rings (SSSR count). The summed E-state index contributed by atoms with van der Waals surface area (Å²) in [6.07, 6.45) is 0. The fraction of sp³-hybridized carbons (Fsp3) is 0.0769. The van der Waals surface area contributed by atoms with Crippen molar-refractivity contribution in [1.29, 1.82) is 0 Å². The summed E-state index contributed by atoms with van der Waals surface area (Å²) in [5.41, 5.74) is 9.16. The zero-order valence-corrected chi connectivity index (χ0v) is 9.87. The molecule has 0 amide bonds. The minimum absolute atomic E-state index is 0.598. The first kappa shape index (κ1) is 10.4. The molecule has 0 fully saturated rings. The summed E-state index contributed by atoms with van der Waals surface area (Å²) in [5.74, 6) is 0. The summed E-state index contributed by atoms with van der Waals surface area (Å²) in [6.45, 7) is 0.598. The van der Waals surface area contributed by atoms with Gasteiger partial charge in [0, 0.05) is 11.0 Å². The lowest BCUT2D eigenvalue weighted by Crippen LogP contribution is -1.95. The van der Waals surface area contributed by atoms with E-state index in [9.17, 15) is 0 Å². The van der Waals surface area contributed by atoms with Crippen LogP contribution in [-0.2, 0) is 6.54 Å². The van der Waals surface area contributed by atoms with Crippen LogP contribution in [0.2, 0.25) is 0 Å². The van der Waals surface area contributed by atoms with E-state index in [0.717, 1.165) is 10.0 Å². The Bertz CT molecular complexity index is 431. The summed E-state index contributed by atoms with van der Waals surface area (Å²) in [6, 6.07) is 16.6. The van der Waals surface area contributed by atoms with Gasteiger partial charge in [0.25, 0.3) is 0 Å². The van der Waals surface area contributed by atoms with Crippen LogP contribution in [0.25, 0.3) is 11.1 Å². The molecule has 1 nitrogen and oxygen atoms in total. The smallest absolute Gasteiger partial charge is 0.0178 e. The van der Waals surface area contributed by atoms with Crippen LogP contribution in [0.1, 0.15) is 5.56 Å². The second kappa shape index (κ2) is 4.60. The first-order chi connectivity index (χ1) is 7.29. The highest BCUT2D eigenvalue weighted by Crippen LogP contribution is 2.21.